The second-order valence-corrected chi connectivity index (χ2v) is 5.77. The summed E-state index contributed by atoms with van der Waals surface area (Å²) in [7, 11) is 0. The number of benzene rings is 2. The maximum atomic E-state index is 11.1. The van der Waals surface area contributed by atoms with Crippen molar-refractivity contribution in [3.8, 4) is 5.75 Å². The van der Waals surface area contributed by atoms with Crippen molar-refractivity contribution < 1.29 is 14.5 Å². The Labute approximate surface area is 155 Å². The van der Waals surface area contributed by atoms with Gasteiger partial charge in [-0.1, -0.05) is 6.07 Å². The van der Waals surface area contributed by atoms with Crippen LogP contribution >= 0.6 is 0 Å². The van der Waals surface area contributed by atoms with Gasteiger partial charge in [-0.3, -0.25) is 19.9 Å². The Morgan fingerprint density at radius 2 is 2.07 bits per heavy atom. The molecule has 2 N–H and O–H groups in total. The molecule has 0 bridgehead atoms. The summed E-state index contributed by atoms with van der Waals surface area (Å²) in [5, 5.41) is 17.5. The van der Waals surface area contributed by atoms with Gasteiger partial charge in [-0.2, -0.15) is 0 Å². The minimum Gasteiger partial charge on any atom is -0.492 e. The molecule has 1 amide bonds. The Balaban J connectivity index is 1.64. The number of fused-ring (bicyclic) bond motifs is 1. The Bertz CT molecular complexity index is 990. The van der Waals surface area contributed by atoms with Crippen LogP contribution in [-0.4, -0.2) is 29.0 Å². The van der Waals surface area contributed by atoms with Crippen LogP contribution in [0.2, 0.25) is 0 Å². The first-order valence-corrected chi connectivity index (χ1v) is 8.31. The lowest BCUT2D eigenvalue weighted by Gasteiger charge is -2.11. The molecule has 2 aromatic carbocycles. The van der Waals surface area contributed by atoms with Gasteiger partial charge < -0.3 is 15.4 Å². The van der Waals surface area contributed by atoms with Crippen molar-refractivity contribution in [2.24, 2.45) is 0 Å². The van der Waals surface area contributed by atoms with Crippen molar-refractivity contribution in [1.82, 2.24) is 4.98 Å². The van der Waals surface area contributed by atoms with Crippen LogP contribution in [0, 0.1) is 10.1 Å². The van der Waals surface area contributed by atoms with Gasteiger partial charge in [0, 0.05) is 37.5 Å². The van der Waals surface area contributed by atoms with Gasteiger partial charge in [0.25, 0.3) is 5.69 Å². The molecule has 138 valence electrons. The molecule has 0 spiro atoms. The summed E-state index contributed by atoms with van der Waals surface area (Å²) in [4.78, 5) is 26.1. The molecule has 0 fully saturated rings. The van der Waals surface area contributed by atoms with Crippen LogP contribution in [0.15, 0.2) is 54.7 Å². The van der Waals surface area contributed by atoms with E-state index in [1.54, 1.807) is 48.7 Å². The second kappa shape index (κ2) is 8.13. The van der Waals surface area contributed by atoms with Gasteiger partial charge in [0.05, 0.1) is 16.0 Å². The van der Waals surface area contributed by atoms with E-state index >= 15 is 0 Å². The number of non-ortho nitro benzene ring substituents is 1. The van der Waals surface area contributed by atoms with Gasteiger partial charge in [0.15, 0.2) is 0 Å². The number of aromatic nitrogens is 1. The third-order valence-corrected chi connectivity index (χ3v) is 3.78. The predicted molar refractivity (Wildman–Crippen MR) is 103 cm³/mol. The smallest absolute Gasteiger partial charge is 0.278 e. The maximum Gasteiger partial charge on any atom is 0.278 e. The fourth-order valence-electron chi connectivity index (χ4n) is 2.68. The molecule has 0 atom stereocenters. The van der Waals surface area contributed by atoms with E-state index < -0.39 is 4.92 Å². The number of carbonyl (C=O) groups excluding carboxylic acids is 1. The number of rotatable bonds is 7. The predicted octanol–water partition coefficient (Wildman–Crippen LogP) is 3.59. The summed E-state index contributed by atoms with van der Waals surface area (Å²) in [6, 6.07) is 13.6. The first-order chi connectivity index (χ1) is 13.0. The third kappa shape index (κ3) is 4.49. The number of carbonyl (C=O) groups is 1. The maximum absolute atomic E-state index is 11.1. The van der Waals surface area contributed by atoms with E-state index in [2.05, 4.69) is 15.6 Å². The highest BCUT2D eigenvalue weighted by Crippen LogP contribution is 2.29. The van der Waals surface area contributed by atoms with Gasteiger partial charge in [-0.25, -0.2) is 0 Å². The summed E-state index contributed by atoms with van der Waals surface area (Å²) >= 11 is 0. The number of nitro benzene ring substituents is 1. The van der Waals surface area contributed by atoms with E-state index in [0.29, 0.717) is 41.2 Å². The van der Waals surface area contributed by atoms with Gasteiger partial charge in [-0.15, -0.1) is 0 Å². The number of hydrogen-bond acceptors (Lipinski definition) is 6. The molecule has 3 aromatic rings. The second-order valence-electron chi connectivity index (χ2n) is 5.77. The lowest BCUT2D eigenvalue weighted by atomic mass is 10.1. The van der Waals surface area contributed by atoms with Crippen molar-refractivity contribution in [2.45, 2.75) is 6.92 Å². The molecule has 0 radical (unpaired) electrons. The van der Waals surface area contributed by atoms with E-state index in [1.807, 2.05) is 0 Å². The number of amides is 1. The zero-order valence-electron chi connectivity index (χ0n) is 14.6. The largest absolute Gasteiger partial charge is 0.492 e. The molecular formula is C19H18N4O4. The molecule has 27 heavy (non-hydrogen) atoms. The minimum atomic E-state index is -0.418. The summed E-state index contributed by atoms with van der Waals surface area (Å²) < 4.78 is 5.68. The average molecular weight is 366 g/mol. The van der Waals surface area contributed by atoms with Gasteiger partial charge in [0.1, 0.15) is 17.9 Å². The lowest BCUT2D eigenvalue weighted by Crippen LogP contribution is -2.12. The van der Waals surface area contributed by atoms with Crippen LogP contribution in [0.3, 0.4) is 0 Å². The number of nitro groups is 1. The number of ether oxygens (including phenoxy) is 1. The quantitative estimate of drug-likeness (QED) is 0.376. The van der Waals surface area contributed by atoms with Crippen LogP contribution < -0.4 is 15.4 Å². The number of nitrogens with one attached hydrogen (secondary N) is 2. The van der Waals surface area contributed by atoms with Crippen molar-refractivity contribution in [1.29, 1.82) is 0 Å². The molecule has 1 heterocycles. The van der Waals surface area contributed by atoms with E-state index in [1.165, 1.54) is 13.0 Å². The van der Waals surface area contributed by atoms with Crippen LogP contribution in [0.5, 0.6) is 5.75 Å². The average Bonchev–Trinajstić information content (AvgIpc) is 2.64. The molecule has 0 aliphatic rings. The summed E-state index contributed by atoms with van der Waals surface area (Å²) in [6.07, 6.45) is 1.60. The Morgan fingerprint density at radius 3 is 2.85 bits per heavy atom. The van der Waals surface area contributed by atoms with Crippen LogP contribution in [0.4, 0.5) is 17.1 Å². The molecular weight excluding hydrogens is 348 g/mol. The Kier molecular flexibility index (Phi) is 5.46. The van der Waals surface area contributed by atoms with E-state index in [4.69, 9.17) is 4.74 Å². The molecule has 0 saturated carbocycles. The minimum absolute atomic E-state index is 0.0229. The molecule has 8 nitrogen and oxygen atoms in total. The number of pyridine rings is 1. The van der Waals surface area contributed by atoms with Crippen molar-refractivity contribution in [2.75, 3.05) is 23.8 Å². The van der Waals surface area contributed by atoms with Crippen molar-refractivity contribution in [3.63, 3.8) is 0 Å². The molecule has 0 saturated heterocycles. The van der Waals surface area contributed by atoms with Crippen LogP contribution in [0.1, 0.15) is 6.92 Å². The molecule has 0 aliphatic carbocycles. The zero-order valence-corrected chi connectivity index (χ0v) is 14.6. The topological polar surface area (TPSA) is 106 Å². The zero-order chi connectivity index (χ0) is 19.2. The molecule has 8 heteroatoms. The highest BCUT2D eigenvalue weighted by Gasteiger charge is 2.14. The fourth-order valence-corrected chi connectivity index (χ4v) is 2.68. The SMILES string of the molecule is CC(=O)Nc1cccc(OCCNc2ccc([N+](=O)[O-])c3cccnc23)c1. The molecule has 0 aliphatic heterocycles. The lowest BCUT2D eigenvalue weighted by molar-refractivity contribution is -0.383. The monoisotopic (exact) mass is 366 g/mol. The highest BCUT2D eigenvalue weighted by atomic mass is 16.6. The first-order valence-electron chi connectivity index (χ1n) is 8.31. The van der Waals surface area contributed by atoms with Gasteiger partial charge in [0.2, 0.25) is 5.91 Å². The number of nitrogens with zero attached hydrogens (tertiary/aromatic N) is 2. The van der Waals surface area contributed by atoms with E-state index in [0.717, 1.165) is 0 Å². The van der Waals surface area contributed by atoms with Gasteiger partial charge in [-0.05, 0) is 30.3 Å². The summed E-state index contributed by atoms with van der Waals surface area (Å²) in [5.41, 5.74) is 1.93. The van der Waals surface area contributed by atoms with Crippen LogP contribution in [-0.2, 0) is 4.79 Å². The summed E-state index contributed by atoms with van der Waals surface area (Å²) in [6.45, 7) is 2.29. The van der Waals surface area contributed by atoms with E-state index in [9.17, 15) is 14.9 Å². The molecule has 3 rings (SSSR count). The van der Waals surface area contributed by atoms with Crippen molar-refractivity contribution in [3.05, 3.63) is 64.8 Å². The number of hydrogen-bond donors (Lipinski definition) is 2. The normalized spacial score (nSPS) is 10.4. The van der Waals surface area contributed by atoms with E-state index in [-0.39, 0.29) is 11.6 Å². The molecule has 0 unspecified atom stereocenters. The third-order valence-electron chi connectivity index (χ3n) is 3.78. The Morgan fingerprint density at radius 1 is 1.22 bits per heavy atom. The first kappa shape index (κ1) is 18.1. The molecule has 1 aromatic heterocycles. The number of anilines is 2. The Hall–Kier alpha value is -3.68. The fraction of sp³-hybridized carbons (Fsp3) is 0.158. The van der Waals surface area contributed by atoms with Gasteiger partial charge >= 0.3 is 0 Å². The summed E-state index contributed by atoms with van der Waals surface area (Å²) in [5.74, 6) is 0.487. The highest BCUT2D eigenvalue weighted by molar-refractivity contribution is 5.96. The van der Waals surface area contributed by atoms with Crippen LogP contribution in [0.25, 0.3) is 10.9 Å². The van der Waals surface area contributed by atoms with Crippen molar-refractivity contribution >= 4 is 33.9 Å². The standard InChI is InChI=1S/C19H18N4O4/c1-13(24)22-14-4-2-5-15(12-14)27-11-10-20-17-7-8-18(23(25)26)16-6-3-9-21-19(16)17/h2-9,12,20H,10-11H2,1H3,(H,22,24).